The fourth-order valence-corrected chi connectivity index (χ4v) is 5.61. The van der Waals surface area contributed by atoms with E-state index in [1.165, 1.54) is 68.9 Å². The molecule has 2 fully saturated rings. The van der Waals surface area contributed by atoms with Gasteiger partial charge in [0.15, 0.2) is 0 Å². The van der Waals surface area contributed by atoms with E-state index >= 15 is 0 Å². The van der Waals surface area contributed by atoms with Crippen molar-refractivity contribution in [2.24, 2.45) is 5.92 Å². The van der Waals surface area contributed by atoms with Gasteiger partial charge in [-0.15, -0.1) is 11.8 Å². The lowest BCUT2D eigenvalue weighted by molar-refractivity contribution is 0.409. The van der Waals surface area contributed by atoms with E-state index in [9.17, 15) is 0 Å². The highest BCUT2D eigenvalue weighted by atomic mass is 32.2. The quantitative estimate of drug-likeness (QED) is 0.170. The van der Waals surface area contributed by atoms with Crippen LogP contribution in [0.1, 0.15) is 81.8 Å². The maximum absolute atomic E-state index is 8.22. The van der Waals surface area contributed by atoms with Crippen molar-refractivity contribution in [1.82, 2.24) is 5.32 Å². The predicted octanol–water partition coefficient (Wildman–Crippen LogP) is 8.24. The topological polar surface area (TPSA) is 35.9 Å². The molecule has 1 aliphatic heterocycles. The molecular weight excluding hydrogens is 440 g/mol. The molecule has 3 rings (SSSR count). The second kappa shape index (κ2) is 15.4. The van der Waals surface area contributed by atoms with E-state index < -0.39 is 0 Å². The summed E-state index contributed by atoms with van der Waals surface area (Å²) in [4.78, 5) is 0.880. The van der Waals surface area contributed by atoms with Crippen molar-refractivity contribution < 1.29 is 0 Å². The van der Waals surface area contributed by atoms with Gasteiger partial charge in [-0.05, 0) is 74.4 Å². The van der Waals surface area contributed by atoms with Crippen molar-refractivity contribution in [2.45, 2.75) is 70.6 Å². The van der Waals surface area contributed by atoms with Crippen LogP contribution in [0.25, 0.3) is 12.2 Å². The number of thiocarbonyl (C=S) groups is 1. The first kappa shape index (κ1) is 26.1. The third-order valence-corrected chi connectivity index (χ3v) is 7.92. The smallest absolute Gasteiger partial charge is 0.0870 e. The Labute approximate surface area is 210 Å². The number of hydrogen-bond acceptors (Lipinski definition) is 4. The van der Waals surface area contributed by atoms with E-state index in [0.29, 0.717) is 5.04 Å². The zero-order valence-corrected chi connectivity index (χ0v) is 21.6. The van der Waals surface area contributed by atoms with Crippen molar-refractivity contribution in [1.29, 1.82) is 5.41 Å². The van der Waals surface area contributed by atoms with Crippen LogP contribution in [-0.4, -0.2) is 28.8 Å². The summed E-state index contributed by atoms with van der Waals surface area (Å²) in [5, 5.41) is 12.3. The lowest BCUT2D eigenvalue weighted by Crippen LogP contribution is -2.13. The SMILES string of the molecule is N=C(C=CC(=S)CC=Cc1ccc(C=C2CCCNCC2)cc1)SCC1CCCCCCC1. The molecule has 0 atom stereocenters. The summed E-state index contributed by atoms with van der Waals surface area (Å²) in [6, 6.07) is 8.77. The minimum absolute atomic E-state index is 0.637. The standard InChI is InChI=1S/C29H40N2S2/c30-29(33-23-27-8-4-2-1-3-5-9-27)18-17-28(32)12-6-10-24-13-15-26(16-14-24)22-25-11-7-20-31-21-19-25/h6,10,13-18,22,27,30-31H,1-5,7-9,11-12,19-21,23H2. The highest BCUT2D eigenvalue weighted by Gasteiger charge is 2.12. The minimum Gasteiger partial charge on any atom is -0.316 e. The van der Waals surface area contributed by atoms with E-state index in [-0.39, 0.29) is 0 Å². The Balaban J connectivity index is 1.37. The lowest BCUT2D eigenvalue weighted by Gasteiger charge is -2.18. The Hall–Kier alpha value is -1.49. The Morgan fingerprint density at radius 2 is 1.67 bits per heavy atom. The third kappa shape index (κ3) is 11.0. The molecule has 2 N–H and O–H groups in total. The molecular formula is C29H40N2S2. The second-order valence-electron chi connectivity index (χ2n) is 9.37. The van der Waals surface area contributed by atoms with Crippen LogP contribution in [0.5, 0.6) is 0 Å². The van der Waals surface area contributed by atoms with Crippen molar-refractivity contribution in [3.8, 4) is 0 Å². The lowest BCUT2D eigenvalue weighted by atomic mass is 9.93. The first-order valence-electron chi connectivity index (χ1n) is 12.8. The molecule has 2 aliphatic rings. The molecule has 0 unspecified atom stereocenters. The van der Waals surface area contributed by atoms with Gasteiger partial charge < -0.3 is 5.32 Å². The molecule has 33 heavy (non-hydrogen) atoms. The third-order valence-electron chi connectivity index (χ3n) is 6.53. The average Bonchev–Trinajstić information content (AvgIpc) is 3.07. The van der Waals surface area contributed by atoms with Gasteiger partial charge in [-0.1, -0.05) is 92.4 Å². The van der Waals surface area contributed by atoms with Gasteiger partial charge in [-0.25, -0.2) is 0 Å². The highest BCUT2D eigenvalue weighted by molar-refractivity contribution is 8.14. The Kier molecular flexibility index (Phi) is 12.2. The predicted molar refractivity (Wildman–Crippen MR) is 153 cm³/mol. The molecule has 1 saturated carbocycles. The number of benzene rings is 1. The molecule has 2 nitrogen and oxygen atoms in total. The van der Waals surface area contributed by atoms with Crippen LogP contribution in [0.15, 0.2) is 48.1 Å². The zero-order valence-electron chi connectivity index (χ0n) is 20.0. The molecule has 178 valence electrons. The highest BCUT2D eigenvalue weighted by Crippen LogP contribution is 2.25. The van der Waals surface area contributed by atoms with E-state index in [4.69, 9.17) is 17.6 Å². The summed E-state index contributed by atoms with van der Waals surface area (Å²) >= 11 is 7.18. The van der Waals surface area contributed by atoms with Crippen LogP contribution in [0.4, 0.5) is 0 Å². The van der Waals surface area contributed by atoms with Gasteiger partial charge in [0.1, 0.15) is 0 Å². The first-order chi connectivity index (χ1) is 16.2. The Morgan fingerprint density at radius 1 is 0.939 bits per heavy atom. The largest absolute Gasteiger partial charge is 0.316 e. The normalized spacial score (nSPS) is 20.1. The van der Waals surface area contributed by atoms with Crippen molar-refractivity contribution in [3.63, 3.8) is 0 Å². The van der Waals surface area contributed by atoms with E-state index in [1.807, 2.05) is 12.2 Å². The number of thioether (sulfide) groups is 1. The number of allylic oxidation sites excluding steroid dienone is 2. The molecule has 0 spiro atoms. The summed E-state index contributed by atoms with van der Waals surface area (Å²) in [6.45, 7) is 2.23. The van der Waals surface area contributed by atoms with Crippen molar-refractivity contribution in [3.05, 3.63) is 59.2 Å². The summed E-state index contributed by atoms with van der Waals surface area (Å²) in [7, 11) is 0. The molecule has 1 aliphatic carbocycles. The van der Waals surface area contributed by atoms with E-state index in [0.717, 1.165) is 42.5 Å². The van der Waals surface area contributed by atoms with Gasteiger partial charge in [0, 0.05) is 17.0 Å². The van der Waals surface area contributed by atoms with Crippen LogP contribution in [0.2, 0.25) is 0 Å². The van der Waals surface area contributed by atoms with Gasteiger partial charge in [0.2, 0.25) is 0 Å². The number of rotatable bonds is 8. The van der Waals surface area contributed by atoms with Crippen LogP contribution in [0.3, 0.4) is 0 Å². The van der Waals surface area contributed by atoms with E-state index in [1.54, 1.807) is 17.3 Å². The summed E-state index contributed by atoms with van der Waals surface area (Å²) < 4.78 is 0. The molecule has 4 heteroatoms. The second-order valence-corrected chi connectivity index (χ2v) is 11.0. The molecule has 1 aromatic carbocycles. The van der Waals surface area contributed by atoms with Gasteiger partial charge in [0.25, 0.3) is 0 Å². The van der Waals surface area contributed by atoms with Crippen LogP contribution in [-0.2, 0) is 0 Å². The van der Waals surface area contributed by atoms with Gasteiger partial charge >= 0.3 is 0 Å². The summed E-state index contributed by atoms with van der Waals surface area (Å²) in [5.74, 6) is 1.87. The maximum Gasteiger partial charge on any atom is 0.0870 e. The molecule has 0 amide bonds. The molecule has 1 aromatic rings. The first-order valence-corrected chi connectivity index (χ1v) is 14.2. The monoisotopic (exact) mass is 480 g/mol. The molecule has 0 radical (unpaired) electrons. The average molecular weight is 481 g/mol. The van der Waals surface area contributed by atoms with Gasteiger partial charge in [-0.3, -0.25) is 5.41 Å². The Bertz CT molecular complexity index is 818. The zero-order chi connectivity index (χ0) is 23.1. The molecule has 0 bridgehead atoms. The van der Waals surface area contributed by atoms with Crippen LogP contribution >= 0.6 is 24.0 Å². The fourth-order valence-electron chi connectivity index (χ4n) is 4.53. The summed E-state index contributed by atoms with van der Waals surface area (Å²) in [6.07, 6.45) is 24.4. The van der Waals surface area contributed by atoms with Crippen LogP contribution in [0, 0.1) is 11.3 Å². The minimum atomic E-state index is 0.637. The van der Waals surface area contributed by atoms with Gasteiger partial charge in [-0.2, -0.15) is 0 Å². The van der Waals surface area contributed by atoms with E-state index in [2.05, 4.69) is 47.8 Å². The number of nitrogens with one attached hydrogen (secondary N) is 2. The van der Waals surface area contributed by atoms with Crippen molar-refractivity contribution >= 4 is 46.0 Å². The molecule has 1 saturated heterocycles. The molecule has 1 heterocycles. The number of hydrogen-bond donors (Lipinski definition) is 2. The Morgan fingerprint density at radius 3 is 2.45 bits per heavy atom. The van der Waals surface area contributed by atoms with Crippen molar-refractivity contribution in [2.75, 3.05) is 18.8 Å². The fraction of sp³-hybridized carbons (Fsp3) is 0.517. The summed E-state index contributed by atoms with van der Waals surface area (Å²) in [5.41, 5.74) is 4.04. The van der Waals surface area contributed by atoms with Crippen LogP contribution < -0.4 is 5.32 Å². The maximum atomic E-state index is 8.22. The van der Waals surface area contributed by atoms with Gasteiger partial charge in [0.05, 0.1) is 5.04 Å². The molecule has 0 aromatic heterocycles.